The van der Waals surface area contributed by atoms with Crippen LogP contribution >= 0.6 is 7.92 Å². The number of hydrogen-bond acceptors (Lipinski definition) is 0. The lowest BCUT2D eigenvalue weighted by Crippen LogP contribution is -2.18. The normalized spacial score (nSPS) is 14.6. The maximum atomic E-state index is 4.08. The van der Waals surface area contributed by atoms with Gasteiger partial charge in [0.1, 0.15) is 0 Å². The number of rotatable bonds is 3. The summed E-state index contributed by atoms with van der Waals surface area (Å²) < 4.78 is 0. The van der Waals surface area contributed by atoms with Gasteiger partial charge in [-0.3, -0.25) is 0 Å². The molecule has 0 aliphatic rings. The first-order chi connectivity index (χ1) is 5.25. The van der Waals surface area contributed by atoms with Crippen molar-refractivity contribution in [2.75, 3.05) is 13.3 Å². The van der Waals surface area contributed by atoms with Crippen molar-refractivity contribution >= 4 is 15.2 Å². The molecule has 69 valence electrons. The molecular formula is C10H21BP. The van der Waals surface area contributed by atoms with Crippen LogP contribution in [0.2, 0.25) is 5.82 Å². The van der Waals surface area contributed by atoms with Gasteiger partial charge in [-0.25, -0.2) is 0 Å². The second-order valence-electron chi connectivity index (χ2n) is 4.71. The molecule has 0 nitrogen and oxygen atoms in total. The molecule has 0 saturated heterocycles. The Bertz CT molecular complexity index is 156. The topological polar surface area (TPSA) is 0 Å². The molecule has 0 spiro atoms. The molecule has 0 N–H and O–H groups in total. The molecule has 0 aromatic carbocycles. The minimum absolute atomic E-state index is 0.00865. The van der Waals surface area contributed by atoms with Crippen molar-refractivity contribution in [1.82, 2.24) is 0 Å². The Balaban J connectivity index is 4.02. The van der Waals surface area contributed by atoms with E-state index < -0.39 is 0 Å². The predicted octanol–water partition coefficient (Wildman–Crippen LogP) is 3.76. The fraction of sp³-hybridized carbons (Fsp3) is 0.800. The molecule has 0 aliphatic carbocycles. The Morgan fingerprint density at radius 2 is 1.75 bits per heavy atom. The largest absolute Gasteiger partial charge is 0.155 e. The lowest BCUT2D eigenvalue weighted by Gasteiger charge is -2.28. The highest BCUT2D eigenvalue weighted by Crippen LogP contribution is 2.39. The summed E-state index contributed by atoms with van der Waals surface area (Å²) in [6.07, 6.45) is 0. The third-order valence-corrected chi connectivity index (χ3v) is 3.68. The summed E-state index contributed by atoms with van der Waals surface area (Å²) in [5, 5.41) is 1.33. The van der Waals surface area contributed by atoms with Crippen molar-refractivity contribution in [2.24, 2.45) is 5.41 Å². The standard InChI is InChI=1S/C10H21BP/c1-8(10(3,4)5)11-9(2)12(6)7/h8H,2H2,1,3-7H3. The highest BCUT2D eigenvalue weighted by atomic mass is 31.1. The van der Waals surface area contributed by atoms with Gasteiger partial charge in [-0.15, -0.1) is 6.58 Å². The fourth-order valence-electron chi connectivity index (χ4n) is 0.688. The SMILES string of the molecule is C=C([B]C(C)C(C)(C)C)P(C)C. The first-order valence-corrected chi connectivity index (χ1v) is 6.70. The maximum Gasteiger partial charge on any atom is 0.155 e. The molecular weight excluding hydrogens is 162 g/mol. The van der Waals surface area contributed by atoms with E-state index in [9.17, 15) is 0 Å². The molecule has 0 aliphatic heterocycles. The summed E-state index contributed by atoms with van der Waals surface area (Å²) >= 11 is 0. The molecule has 0 amide bonds. The average Bonchev–Trinajstić information content (AvgIpc) is 1.85. The van der Waals surface area contributed by atoms with Gasteiger partial charge in [0.15, 0.2) is 7.28 Å². The first-order valence-electron chi connectivity index (χ1n) is 4.46. The highest BCUT2D eigenvalue weighted by molar-refractivity contribution is 7.63. The molecule has 0 rings (SSSR count). The fourth-order valence-corrected chi connectivity index (χ4v) is 1.21. The van der Waals surface area contributed by atoms with E-state index in [1.165, 1.54) is 5.21 Å². The smallest absolute Gasteiger partial charge is 0.105 e. The van der Waals surface area contributed by atoms with E-state index in [1.807, 2.05) is 0 Å². The highest BCUT2D eigenvalue weighted by Gasteiger charge is 2.21. The Hall–Kier alpha value is 0.235. The van der Waals surface area contributed by atoms with Crippen LogP contribution in [0.15, 0.2) is 11.8 Å². The molecule has 0 saturated carbocycles. The van der Waals surface area contributed by atoms with Gasteiger partial charge in [-0.05, 0) is 18.7 Å². The molecule has 0 heterocycles. The third-order valence-electron chi connectivity index (χ3n) is 2.38. The van der Waals surface area contributed by atoms with Gasteiger partial charge >= 0.3 is 0 Å². The molecule has 1 atom stereocenters. The van der Waals surface area contributed by atoms with Crippen molar-refractivity contribution in [3.8, 4) is 0 Å². The third kappa shape index (κ3) is 4.31. The molecule has 2 heteroatoms. The molecule has 0 fully saturated rings. The Morgan fingerprint density at radius 3 is 2.00 bits per heavy atom. The minimum Gasteiger partial charge on any atom is -0.105 e. The summed E-state index contributed by atoms with van der Waals surface area (Å²) in [7, 11) is 2.33. The lowest BCUT2D eigenvalue weighted by molar-refractivity contribution is 0.396. The van der Waals surface area contributed by atoms with Crippen LogP contribution in [0.1, 0.15) is 27.7 Å². The second-order valence-corrected chi connectivity index (χ2v) is 7.07. The van der Waals surface area contributed by atoms with E-state index >= 15 is 0 Å². The van der Waals surface area contributed by atoms with E-state index in [4.69, 9.17) is 0 Å². The Morgan fingerprint density at radius 1 is 1.33 bits per heavy atom. The summed E-state index contributed by atoms with van der Waals surface area (Å²) in [5.74, 6) is 0.620. The van der Waals surface area contributed by atoms with Gasteiger partial charge in [0.25, 0.3) is 0 Å². The van der Waals surface area contributed by atoms with Crippen LogP contribution in [0, 0.1) is 5.41 Å². The van der Waals surface area contributed by atoms with Crippen LogP contribution in [-0.4, -0.2) is 20.6 Å². The number of hydrogen-bond donors (Lipinski definition) is 0. The van der Waals surface area contributed by atoms with Crippen molar-refractivity contribution in [1.29, 1.82) is 0 Å². The first kappa shape index (κ1) is 12.2. The molecule has 1 unspecified atom stereocenters. The van der Waals surface area contributed by atoms with E-state index in [0.717, 1.165) is 0 Å². The van der Waals surface area contributed by atoms with E-state index in [1.54, 1.807) is 0 Å². The monoisotopic (exact) mass is 183 g/mol. The van der Waals surface area contributed by atoms with Crippen LogP contribution in [0.4, 0.5) is 0 Å². The quantitative estimate of drug-likeness (QED) is 0.461. The predicted molar refractivity (Wildman–Crippen MR) is 62.5 cm³/mol. The zero-order valence-corrected chi connectivity index (χ0v) is 10.2. The summed E-state index contributed by atoms with van der Waals surface area (Å²) in [5.41, 5.74) is 0.369. The summed E-state index contributed by atoms with van der Waals surface area (Å²) in [4.78, 5) is 0. The zero-order valence-electron chi connectivity index (χ0n) is 9.31. The van der Waals surface area contributed by atoms with Crippen LogP contribution in [0.3, 0.4) is 0 Å². The van der Waals surface area contributed by atoms with Gasteiger partial charge in [0, 0.05) is 0 Å². The van der Waals surface area contributed by atoms with Gasteiger partial charge in [0.2, 0.25) is 0 Å². The van der Waals surface area contributed by atoms with E-state index in [2.05, 4.69) is 54.9 Å². The molecule has 12 heavy (non-hydrogen) atoms. The Labute approximate surface area is 79.8 Å². The Kier molecular flexibility index (Phi) is 4.55. The zero-order chi connectivity index (χ0) is 9.94. The van der Waals surface area contributed by atoms with E-state index in [-0.39, 0.29) is 7.92 Å². The van der Waals surface area contributed by atoms with Crippen LogP contribution in [0.25, 0.3) is 0 Å². The van der Waals surface area contributed by atoms with Crippen molar-refractivity contribution in [2.45, 2.75) is 33.5 Å². The summed E-state index contributed by atoms with van der Waals surface area (Å²) in [6.45, 7) is 17.7. The van der Waals surface area contributed by atoms with Crippen LogP contribution in [0.5, 0.6) is 0 Å². The molecule has 0 bridgehead atoms. The van der Waals surface area contributed by atoms with Crippen molar-refractivity contribution in [3.05, 3.63) is 11.8 Å². The maximum absolute atomic E-state index is 4.08. The van der Waals surface area contributed by atoms with Crippen molar-refractivity contribution < 1.29 is 0 Å². The van der Waals surface area contributed by atoms with Crippen LogP contribution in [-0.2, 0) is 0 Å². The van der Waals surface area contributed by atoms with Gasteiger partial charge < -0.3 is 0 Å². The van der Waals surface area contributed by atoms with Gasteiger partial charge in [-0.1, -0.05) is 46.6 Å². The summed E-state index contributed by atoms with van der Waals surface area (Å²) in [6, 6.07) is 0. The molecule has 1 radical (unpaired) electrons. The molecule has 0 aromatic heterocycles. The van der Waals surface area contributed by atoms with Gasteiger partial charge in [0.05, 0.1) is 0 Å². The van der Waals surface area contributed by atoms with Gasteiger partial charge in [-0.2, -0.15) is 0 Å². The second kappa shape index (κ2) is 4.47. The average molecular weight is 183 g/mol. The minimum atomic E-state index is 0.00865. The lowest BCUT2D eigenvalue weighted by atomic mass is 9.55. The van der Waals surface area contributed by atoms with E-state index in [0.29, 0.717) is 11.2 Å². The van der Waals surface area contributed by atoms with Crippen LogP contribution < -0.4 is 0 Å². The van der Waals surface area contributed by atoms with Crippen molar-refractivity contribution in [3.63, 3.8) is 0 Å². The molecule has 0 aromatic rings.